The Balaban J connectivity index is 2.20. The van der Waals surface area contributed by atoms with Crippen LogP contribution in [0.2, 0.25) is 0 Å². The van der Waals surface area contributed by atoms with Crippen LogP contribution in [0.15, 0.2) is 24.3 Å². The molecule has 0 saturated heterocycles. The largest absolute Gasteiger partial charge is 0.311 e. The summed E-state index contributed by atoms with van der Waals surface area (Å²) >= 11 is 0. The van der Waals surface area contributed by atoms with Crippen molar-refractivity contribution in [2.24, 2.45) is 0 Å². The van der Waals surface area contributed by atoms with Gasteiger partial charge in [0.25, 0.3) is 0 Å². The molecule has 0 fully saturated rings. The minimum Gasteiger partial charge on any atom is -0.311 e. The fourth-order valence-corrected chi connectivity index (χ4v) is 3.24. The van der Waals surface area contributed by atoms with E-state index in [0.29, 0.717) is 12.1 Å². The van der Waals surface area contributed by atoms with Gasteiger partial charge in [-0.3, -0.25) is 4.90 Å². The highest BCUT2D eigenvalue weighted by Gasteiger charge is 2.27. The van der Waals surface area contributed by atoms with Crippen LogP contribution < -0.4 is 5.32 Å². The average molecular weight is 261 g/mol. The van der Waals surface area contributed by atoms with Crippen LogP contribution >= 0.6 is 0 Å². The fourth-order valence-electron chi connectivity index (χ4n) is 3.24. The summed E-state index contributed by atoms with van der Waals surface area (Å²) in [6.07, 6.45) is 0. The molecule has 1 heterocycles. The third kappa shape index (κ3) is 3.35. The summed E-state index contributed by atoms with van der Waals surface area (Å²) in [5.74, 6) is 0. The lowest BCUT2D eigenvalue weighted by Gasteiger charge is -2.40. The molecule has 19 heavy (non-hydrogen) atoms. The highest BCUT2D eigenvalue weighted by atomic mass is 15.2. The topological polar surface area (TPSA) is 18.5 Å². The van der Waals surface area contributed by atoms with Gasteiger partial charge >= 0.3 is 0 Å². The van der Waals surface area contributed by atoms with Crippen LogP contribution in [0.1, 0.15) is 31.0 Å². The SMILES string of the molecule is CCN(C(C)CN(C)C)C1CNCc2ccccc21. The Labute approximate surface area is 117 Å². The van der Waals surface area contributed by atoms with Gasteiger partial charge in [-0.05, 0) is 38.7 Å². The van der Waals surface area contributed by atoms with Gasteiger partial charge in [-0.15, -0.1) is 0 Å². The van der Waals surface area contributed by atoms with Gasteiger partial charge in [0.15, 0.2) is 0 Å². The van der Waals surface area contributed by atoms with E-state index in [1.807, 2.05) is 0 Å². The molecule has 2 rings (SSSR count). The molecule has 0 bridgehead atoms. The lowest BCUT2D eigenvalue weighted by molar-refractivity contribution is 0.120. The third-order valence-corrected chi connectivity index (χ3v) is 4.03. The van der Waals surface area contributed by atoms with Gasteiger partial charge in [-0.1, -0.05) is 31.2 Å². The normalized spacial score (nSPS) is 20.6. The second-order valence-electron chi connectivity index (χ2n) is 5.79. The van der Waals surface area contributed by atoms with Crippen molar-refractivity contribution in [3.8, 4) is 0 Å². The first-order chi connectivity index (χ1) is 9.13. The van der Waals surface area contributed by atoms with E-state index in [9.17, 15) is 0 Å². The van der Waals surface area contributed by atoms with Crippen LogP contribution in [0.5, 0.6) is 0 Å². The molecule has 0 spiro atoms. The van der Waals surface area contributed by atoms with Crippen LogP contribution in [0.4, 0.5) is 0 Å². The van der Waals surface area contributed by atoms with Gasteiger partial charge in [0.05, 0.1) is 0 Å². The van der Waals surface area contributed by atoms with Crippen molar-refractivity contribution in [1.29, 1.82) is 0 Å². The molecular formula is C16H27N3. The molecule has 0 aliphatic carbocycles. The number of hydrogen-bond acceptors (Lipinski definition) is 3. The van der Waals surface area contributed by atoms with Gasteiger partial charge in [0, 0.05) is 31.7 Å². The van der Waals surface area contributed by atoms with Crippen LogP contribution in [0, 0.1) is 0 Å². The van der Waals surface area contributed by atoms with Crippen molar-refractivity contribution in [2.75, 3.05) is 33.7 Å². The molecule has 1 aliphatic rings. The van der Waals surface area contributed by atoms with Gasteiger partial charge < -0.3 is 10.2 Å². The van der Waals surface area contributed by atoms with Crippen LogP contribution in [0.25, 0.3) is 0 Å². The summed E-state index contributed by atoms with van der Waals surface area (Å²) in [4.78, 5) is 4.89. The molecular weight excluding hydrogens is 234 g/mol. The van der Waals surface area contributed by atoms with E-state index in [1.54, 1.807) is 0 Å². The molecule has 2 unspecified atom stereocenters. The van der Waals surface area contributed by atoms with E-state index in [1.165, 1.54) is 11.1 Å². The molecule has 3 nitrogen and oxygen atoms in total. The van der Waals surface area contributed by atoms with E-state index in [-0.39, 0.29) is 0 Å². The first-order valence-corrected chi connectivity index (χ1v) is 7.32. The van der Waals surface area contributed by atoms with Gasteiger partial charge in [0.1, 0.15) is 0 Å². The molecule has 1 N–H and O–H groups in total. The monoisotopic (exact) mass is 261 g/mol. The minimum absolute atomic E-state index is 0.505. The molecule has 2 atom stereocenters. The summed E-state index contributed by atoms with van der Waals surface area (Å²) in [5, 5.41) is 3.56. The number of rotatable bonds is 5. The Hall–Kier alpha value is -0.900. The molecule has 0 amide bonds. The summed E-state index contributed by atoms with van der Waals surface area (Å²) in [6.45, 7) is 8.86. The Morgan fingerprint density at radius 1 is 1.32 bits per heavy atom. The predicted molar refractivity (Wildman–Crippen MR) is 81.3 cm³/mol. The summed E-state index contributed by atoms with van der Waals surface area (Å²) in [7, 11) is 4.30. The van der Waals surface area contributed by atoms with E-state index in [0.717, 1.165) is 26.2 Å². The number of nitrogens with zero attached hydrogens (tertiary/aromatic N) is 2. The number of nitrogens with one attached hydrogen (secondary N) is 1. The molecule has 0 aromatic heterocycles. The number of hydrogen-bond donors (Lipinski definition) is 1. The molecule has 1 aliphatic heterocycles. The van der Waals surface area contributed by atoms with Crippen molar-refractivity contribution in [1.82, 2.24) is 15.1 Å². The number of likely N-dealkylation sites (N-methyl/N-ethyl adjacent to an activating group) is 2. The Morgan fingerprint density at radius 2 is 2.05 bits per heavy atom. The smallest absolute Gasteiger partial charge is 0.0479 e. The summed E-state index contributed by atoms with van der Waals surface area (Å²) < 4.78 is 0. The van der Waals surface area contributed by atoms with Crippen molar-refractivity contribution >= 4 is 0 Å². The van der Waals surface area contributed by atoms with Crippen LogP contribution in [-0.4, -0.2) is 49.6 Å². The summed E-state index contributed by atoms with van der Waals surface area (Å²) in [6, 6.07) is 9.93. The predicted octanol–water partition coefficient (Wildman–Crippen LogP) is 2.10. The first kappa shape index (κ1) is 14.5. The Morgan fingerprint density at radius 3 is 2.74 bits per heavy atom. The quantitative estimate of drug-likeness (QED) is 0.876. The highest BCUT2D eigenvalue weighted by molar-refractivity contribution is 5.32. The fraction of sp³-hybridized carbons (Fsp3) is 0.625. The zero-order valence-electron chi connectivity index (χ0n) is 12.7. The van der Waals surface area contributed by atoms with Crippen molar-refractivity contribution in [3.63, 3.8) is 0 Å². The maximum atomic E-state index is 3.56. The van der Waals surface area contributed by atoms with Crippen LogP contribution in [0.3, 0.4) is 0 Å². The number of fused-ring (bicyclic) bond motifs is 1. The third-order valence-electron chi connectivity index (χ3n) is 4.03. The lowest BCUT2D eigenvalue weighted by Crippen LogP contribution is -2.47. The van der Waals surface area contributed by atoms with Gasteiger partial charge in [-0.25, -0.2) is 0 Å². The van der Waals surface area contributed by atoms with Crippen molar-refractivity contribution in [3.05, 3.63) is 35.4 Å². The van der Waals surface area contributed by atoms with Crippen molar-refractivity contribution < 1.29 is 0 Å². The van der Waals surface area contributed by atoms with E-state index >= 15 is 0 Å². The number of benzene rings is 1. The lowest BCUT2D eigenvalue weighted by atomic mass is 9.94. The zero-order chi connectivity index (χ0) is 13.8. The summed E-state index contributed by atoms with van der Waals surface area (Å²) in [5.41, 5.74) is 2.96. The van der Waals surface area contributed by atoms with E-state index in [2.05, 4.69) is 67.3 Å². The zero-order valence-corrected chi connectivity index (χ0v) is 12.7. The Bertz CT molecular complexity index is 403. The molecule has 0 saturated carbocycles. The molecule has 1 aromatic rings. The van der Waals surface area contributed by atoms with Gasteiger partial charge in [-0.2, -0.15) is 0 Å². The molecule has 106 valence electrons. The minimum atomic E-state index is 0.505. The second kappa shape index (κ2) is 6.51. The maximum Gasteiger partial charge on any atom is 0.0479 e. The maximum absolute atomic E-state index is 3.56. The highest BCUT2D eigenvalue weighted by Crippen LogP contribution is 2.28. The van der Waals surface area contributed by atoms with E-state index in [4.69, 9.17) is 0 Å². The second-order valence-corrected chi connectivity index (χ2v) is 5.79. The average Bonchev–Trinajstić information content (AvgIpc) is 2.39. The van der Waals surface area contributed by atoms with Crippen LogP contribution in [-0.2, 0) is 6.54 Å². The van der Waals surface area contributed by atoms with Gasteiger partial charge in [0.2, 0.25) is 0 Å². The molecule has 3 heteroatoms. The molecule has 0 radical (unpaired) electrons. The van der Waals surface area contributed by atoms with E-state index < -0.39 is 0 Å². The first-order valence-electron chi connectivity index (χ1n) is 7.32. The standard InChI is InChI=1S/C16H27N3/c1-5-19(13(2)12-18(3)4)16-11-17-10-14-8-6-7-9-15(14)16/h6-9,13,16-17H,5,10-12H2,1-4H3. The molecule has 1 aromatic carbocycles. The van der Waals surface area contributed by atoms with Crippen molar-refractivity contribution in [2.45, 2.75) is 32.5 Å². The Kier molecular flexibility index (Phi) is 4.97.